The van der Waals surface area contributed by atoms with Crippen LogP contribution >= 0.6 is 0 Å². The quantitative estimate of drug-likeness (QED) is 0.0291. The standard InChI is InChI=1S/C26H41N3O16S/c1-37-10-18-43-44-19-17-41-20-40-15-13-38-11-12-39-14-16-42-21-46(35,36)27(8-9-28-22(30)2-3-23(28)31)7-6-26(34)45-29-24(32)4-5-25(29)33/h2-3H,4-21H2,1H3. The third-order valence-corrected chi connectivity index (χ3v) is 7.53. The van der Waals surface area contributed by atoms with Gasteiger partial charge in [0.25, 0.3) is 23.6 Å². The Labute approximate surface area is 266 Å². The van der Waals surface area contributed by atoms with Gasteiger partial charge in [-0.1, -0.05) is 0 Å². The maximum atomic E-state index is 13.0. The van der Waals surface area contributed by atoms with E-state index in [2.05, 4.69) is 0 Å². The number of methoxy groups -OCH3 is 1. The maximum absolute atomic E-state index is 13.0. The summed E-state index contributed by atoms with van der Waals surface area (Å²) in [6.07, 6.45) is 1.41. The smallest absolute Gasteiger partial charge is 0.334 e. The second kappa shape index (κ2) is 22.6. The summed E-state index contributed by atoms with van der Waals surface area (Å²) in [6, 6.07) is 0. The summed E-state index contributed by atoms with van der Waals surface area (Å²) in [6.45, 7) is 1.39. The molecule has 2 aliphatic heterocycles. The largest absolute Gasteiger partial charge is 0.382 e. The van der Waals surface area contributed by atoms with Crippen LogP contribution in [0.2, 0.25) is 0 Å². The first-order valence-corrected chi connectivity index (χ1v) is 16.0. The molecule has 0 radical (unpaired) electrons. The first kappa shape index (κ1) is 39.3. The number of carbonyl (C=O) groups excluding carboxylic acids is 5. The third kappa shape index (κ3) is 15.6. The first-order valence-electron chi connectivity index (χ1n) is 14.4. The van der Waals surface area contributed by atoms with Crippen LogP contribution in [0.3, 0.4) is 0 Å². The van der Waals surface area contributed by atoms with Crippen LogP contribution in [0.25, 0.3) is 0 Å². The number of hydroxylamine groups is 2. The molecule has 0 aliphatic carbocycles. The van der Waals surface area contributed by atoms with Crippen molar-refractivity contribution in [3.8, 4) is 0 Å². The predicted molar refractivity (Wildman–Crippen MR) is 151 cm³/mol. The lowest BCUT2D eigenvalue weighted by Crippen LogP contribution is -2.43. The number of carbonyl (C=O) groups is 5. The Morgan fingerprint density at radius 1 is 0.739 bits per heavy atom. The lowest BCUT2D eigenvalue weighted by atomic mass is 10.4. The van der Waals surface area contributed by atoms with Gasteiger partial charge in [0.1, 0.15) is 20.0 Å². The van der Waals surface area contributed by atoms with Crippen LogP contribution < -0.4 is 0 Å². The van der Waals surface area contributed by atoms with E-state index in [1.807, 2.05) is 0 Å². The fraction of sp³-hybridized carbons (Fsp3) is 0.731. The zero-order valence-electron chi connectivity index (χ0n) is 25.7. The topological polar surface area (TPSA) is 212 Å². The molecule has 0 spiro atoms. The van der Waals surface area contributed by atoms with Gasteiger partial charge in [-0.3, -0.25) is 24.1 Å². The third-order valence-electron chi connectivity index (χ3n) is 5.91. The molecule has 0 unspecified atom stereocenters. The second-order valence-corrected chi connectivity index (χ2v) is 11.2. The van der Waals surface area contributed by atoms with Gasteiger partial charge in [0.15, 0.2) is 5.94 Å². The lowest BCUT2D eigenvalue weighted by molar-refractivity contribution is -0.304. The molecule has 0 saturated carbocycles. The van der Waals surface area contributed by atoms with Crippen LogP contribution in [-0.2, 0) is 77.0 Å². The van der Waals surface area contributed by atoms with Crippen molar-refractivity contribution in [1.82, 2.24) is 14.3 Å². The van der Waals surface area contributed by atoms with Gasteiger partial charge >= 0.3 is 5.97 Å². The van der Waals surface area contributed by atoms with Gasteiger partial charge < -0.3 is 33.3 Å². The molecule has 46 heavy (non-hydrogen) atoms. The molecule has 2 aliphatic rings. The van der Waals surface area contributed by atoms with Gasteiger partial charge in [-0.25, -0.2) is 23.0 Å². The van der Waals surface area contributed by atoms with E-state index in [-0.39, 0.29) is 65.8 Å². The SMILES string of the molecule is COCCOOCCOCOCCOCCOCCOCS(=O)(=O)N(CCC(=O)ON1C(=O)CCC1=O)CCN1C(=O)C=CC1=O. The predicted octanol–water partition coefficient (Wildman–Crippen LogP) is -1.87. The molecular formula is C26H41N3O16S. The van der Waals surface area contributed by atoms with Crippen LogP contribution in [-0.4, -0.2) is 158 Å². The number of amides is 4. The molecule has 0 aromatic rings. The monoisotopic (exact) mass is 683 g/mol. The van der Waals surface area contributed by atoms with Crippen LogP contribution in [0, 0.1) is 0 Å². The van der Waals surface area contributed by atoms with Gasteiger partial charge in [0, 0.05) is 51.7 Å². The highest BCUT2D eigenvalue weighted by Gasteiger charge is 2.33. The Morgan fingerprint density at radius 2 is 1.26 bits per heavy atom. The average molecular weight is 684 g/mol. The lowest BCUT2D eigenvalue weighted by Gasteiger charge is -2.24. The summed E-state index contributed by atoms with van der Waals surface area (Å²) >= 11 is 0. The van der Waals surface area contributed by atoms with Gasteiger partial charge in [0.05, 0.1) is 59.3 Å². The van der Waals surface area contributed by atoms with Crippen LogP contribution in [0.5, 0.6) is 0 Å². The number of hydrogen-bond donors (Lipinski definition) is 0. The van der Waals surface area contributed by atoms with Crippen molar-refractivity contribution in [3.63, 3.8) is 0 Å². The van der Waals surface area contributed by atoms with Gasteiger partial charge in [-0.15, -0.1) is 5.06 Å². The molecular weight excluding hydrogens is 642 g/mol. The Hall–Kier alpha value is -2.92. The highest BCUT2D eigenvalue weighted by Crippen LogP contribution is 2.14. The molecule has 1 saturated heterocycles. The molecule has 4 amide bonds. The fourth-order valence-electron chi connectivity index (χ4n) is 3.58. The van der Waals surface area contributed by atoms with E-state index in [1.165, 1.54) is 0 Å². The maximum Gasteiger partial charge on any atom is 0.334 e. The average Bonchev–Trinajstić information content (AvgIpc) is 3.52. The van der Waals surface area contributed by atoms with Crippen LogP contribution in [0.15, 0.2) is 12.2 Å². The normalized spacial score (nSPS) is 15.3. The van der Waals surface area contributed by atoms with Crippen molar-refractivity contribution in [2.24, 2.45) is 0 Å². The summed E-state index contributed by atoms with van der Waals surface area (Å²) in [7, 11) is -2.59. The van der Waals surface area contributed by atoms with Gasteiger partial charge in [-0.2, -0.15) is 4.31 Å². The molecule has 0 bridgehead atoms. The van der Waals surface area contributed by atoms with E-state index in [0.717, 1.165) is 21.4 Å². The fourth-order valence-corrected chi connectivity index (χ4v) is 4.78. The first-order chi connectivity index (χ1) is 22.2. The highest BCUT2D eigenvalue weighted by atomic mass is 32.2. The molecule has 19 nitrogen and oxygen atoms in total. The minimum absolute atomic E-state index is 0.0626. The van der Waals surface area contributed by atoms with Crippen molar-refractivity contribution in [2.75, 3.05) is 106 Å². The molecule has 20 heteroatoms. The van der Waals surface area contributed by atoms with Crippen molar-refractivity contribution in [3.05, 3.63) is 12.2 Å². The van der Waals surface area contributed by atoms with E-state index in [1.54, 1.807) is 7.11 Å². The molecule has 262 valence electrons. The van der Waals surface area contributed by atoms with Crippen molar-refractivity contribution >= 4 is 39.6 Å². The molecule has 0 aromatic heterocycles. The highest BCUT2D eigenvalue weighted by molar-refractivity contribution is 7.88. The number of sulfonamides is 1. The molecule has 0 aromatic carbocycles. The minimum Gasteiger partial charge on any atom is -0.382 e. The van der Waals surface area contributed by atoms with Crippen molar-refractivity contribution in [2.45, 2.75) is 19.3 Å². The number of ether oxygens (including phenoxy) is 6. The zero-order chi connectivity index (χ0) is 33.6. The van der Waals surface area contributed by atoms with Gasteiger partial charge in [-0.05, 0) is 0 Å². The van der Waals surface area contributed by atoms with Crippen molar-refractivity contribution in [1.29, 1.82) is 0 Å². The van der Waals surface area contributed by atoms with E-state index in [0.29, 0.717) is 38.1 Å². The Bertz CT molecular complexity index is 1080. The van der Waals surface area contributed by atoms with Gasteiger partial charge in [0.2, 0.25) is 10.0 Å². The number of imide groups is 2. The number of hydrogen-bond acceptors (Lipinski definition) is 16. The van der Waals surface area contributed by atoms with E-state index < -0.39 is 58.5 Å². The summed E-state index contributed by atoms with van der Waals surface area (Å²) in [5.74, 6) is -4.36. The Kier molecular flexibility index (Phi) is 19.3. The molecule has 2 heterocycles. The molecule has 1 fully saturated rings. The number of nitrogens with zero attached hydrogens (tertiary/aromatic N) is 3. The summed E-state index contributed by atoms with van der Waals surface area (Å²) in [5.41, 5.74) is 0. The minimum atomic E-state index is -4.15. The zero-order valence-corrected chi connectivity index (χ0v) is 26.5. The molecule has 2 rings (SSSR count). The van der Waals surface area contributed by atoms with E-state index >= 15 is 0 Å². The van der Waals surface area contributed by atoms with E-state index in [4.69, 9.17) is 43.0 Å². The molecule has 0 N–H and O–H groups in total. The Morgan fingerprint density at radius 3 is 1.85 bits per heavy atom. The Balaban J connectivity index is 1.60. The van der Waals surface area contributed by atoms with Crippen molar-refractivity contribution < 1.29 is 75.4 Å². The summed E-state index contributed by atoms with van der Waals surface area (Å²) < 4.78 is 58.0. The van der Waals surface area contributed by atoms with Crippen LogP contribution in [0.4, 0.5) is 0 Å². The summed E-state index contributed by atoms with van der Waals surface area (Å²) in [5, 5.41) is 0.355. The number of rotatable bonds is 28. The second-order valence-electron chi connectivity index (χ2n) is 9.29. The van der Waals surface area contributed by atoms with E-state index in [9.17, 15) is 32.4 Å². The molecule has 0 atom stereocenters. The summed E-state index contributed by atoms with van der Waals surface area (Å²) in [4.78, 5) is 74.6. The van der Waals surface area contributed by atoms with Crippen LogP contribution in [0.1, 0.15) is 19.3 Å².